The van der Waals surface area contributed by atoms with Crippen molar-refractivity contribution in [3.63, 3.8) is 0 Å². The molecule has 2 aromatic heterocycles. The van der Waals surface area contributed by atoms with Gasteiger partial charge in [0.2, 0.25) is 17.5 Å². The summed E-state index contributed by atoms with van der Waals surface area (Å²) in [4.78, 5) is 12.3. The molecule has 1 atom stereocenters. The Morgan fingerprint density at radius 2 is 2.06 bits per heavy atom. The summed E-state index contributed by atoms with van der Waals surface area (Å²) in [5.41, 5.74) is 5.60. The van der Waals surface area contributed by atoms with E-state index in [4.69, 9.17) is 10.3 Å². The van der Waals surface area contributed by atoms with Gasteiger partial charge in [-0.3, -0.25) is 0 Å². The highest BCUT2D eigenvalue weighted by Crippen LogP contribution is 2.18. The lowest BCUT2D eigenvalue weighted by Gasteiger charge is -2.03. The first kappa shape index (κ1) is 10.7. The van der Waals surface area contributed by atoms with Gasteiger partial charge in [-0.05, 0) is 12.5 Å². The van der Waals surface area contributed by atoms with Crippen LogP contribution in [0, 0.1) is 0 Å². The Morgan fingerprint density at radius 3 is 2.69 bits per heavy atom. The third-order valence-electron chi connectivity index (χ3n) is 2.33. The summed E-state index contributed by atoms with van der Waals surface area (Å²) in [7, 11) is 0. The molecule has 0 aliphatic heterocycles. The maximum atomic E-state index is 5.60. The highest BCUT2D eigenvalue weighted by atomic mass is 16.5. The fourth-order valence-corrected chi connectivity index (χ4v) is 1.35. The molecule has 0 saturated heterocycles. The van der Waals surface area contributed by atoms with Crippen LogP contribution in [0.2, 0.25) is 0 Å². The topological polar surface area (TPSA) is 90.7 Å². The van der Waals surface area contributed by atoms with Crippen LogP contribution < -0.4 is 5.73 Å². The quantitative estimate of drug-likeness (QED) is 0.824. The monoisotopic (exact) mass is 219 g/mol. The van der Waals surface area contributed by atoms with Crippen molar-refractivity contribution in [2.24, 2.45) is 5.73 Å². The fraction of sp³-hybridized carbons (Fsp3) is 0.400. The van der Waals surface area contributed by atoms with Gasteiger partial charge in [0.15, 0.2) is 0 Å². The molecule has 0 radical (unpaired) electrons. The van der Waals surface area contributed by atoms with Crippen LogP contribution in [0.15, 0.2) is 23.0 Å². The average molecular weight is 219 g/mol. The second-order valence-corrected chi connectivity index (χ2v) is 3.37. The van der Waals surface area contributed by atoms with Crippen molar-refractivity contribution in [3.05, 3.63) is 24.4 Å². The highest BCUT2D eigenvalue weighted by Gasteiger charge is 2.17. The summed E-state index contributed by atoms with van der Waals surface area (Å²) in [5.74, 6) is 1.52. The molecule has 2 aromatic rings. The van der Waals surface area contributed by atoms with Crippen LogP contribution in [-0.2, 0) is 0 Å². The molecule has 6 nitrogen and oxygen atoms in total. The highest BCUT2D eigenvalue weighted by molar-refractivity contribution is 5.40. The van der Waals surface area contributed by atoms with E-state index in [1.807, 2.05) is 6.92 Å². The van der Waals surface area contributed by atoms with Gasteiger partial charge in [-0.15, -0.1) is 0 Å². The summed E-state index contributed by atoms with van der Waals surface area (Å²) >= 11 is 0. The normalized spacial score (nSPS) is 12.6. The number of hydrogen-bond acceptors (Lipinski definition) is 6. The first-order valence-corrected chi connectivity index (χ1v) is 5.16. The van der Waals surface area contributed by atoms with Gasteiger partial charge in [-0.2, -0.15) is 4.98 Å². The molecule has 0 aliphatic carbocycles. The zero-order chi connectivity index (χ0) is 11.4. The maximum absolute atomic E-state index is 5.60. The number of nitrogens with two attached hydrogens (primary N) is 1. The van der Waals surface area contributed by atoms with Gasteiger partial charge in [0, 0.05) is 18.9 Å². The van der Waals surface area contributed by atoms with Gasteiger partial charge >= 0.3 is 0 Å². The summed E-state index contributed by atoms with van der Waals surface area (Å²) in [6.07, 6.45) is 4.14. The van der Waals surface area contributed by atoms with Gasteiger partial charge in [-0.25, -0.2) is 9.97 Å². The van der Waals surface area contributed by atoms with E-state index in [1.54, 1.807) is 18.5 Å². The first-order valence-electron chi connectivity index (χ1n) is 5.16. The van der Waals surface area contributed by atoms with Crippen LogP contribution in [0.3, 0.4) is 0 Å². The molecular formula is C10H13N5O. The number of aromatic nitrogens is 4. The predicted molar refractivity (Wildman–Crippen MR) is 57.4 cm³/mol. The van der Waals surface area contributed by atoms with E-state index in [0.717, 1.165) is 6.42 Å². The van der Waals surface area contributed by atoms with E-state index >= 15 is 0 Å². The molecule has 2 N–H and O–H groups in total. The molecule has 0 saturated carbocycles. The molecule has 6 heteroatoms. The second-order valence-electron chi connectivity index (χ2n) is 3.37. The Labute approximate surface area is 92.9 Å². The van der Waals surface area contributed by atoms with E-state index < -0.39 is 0 Å². The lowest BCUT2D eigenvalue weighted by atomic mass is 10.1. The van der Waals surface area contributed by atoms with Crippen LogP contribution in [-0.4, -0.2) is 26.7 Å². The largest absolute Gasteiger partial charge is 0.339 e. The van der Waals surface area contributed by atoms with E-state index in [0.29, 0.717) is 24.1 Å². The summed E-state index contributed by atoms with van der Waals surface area (Å²) in [5, 5.41) is 3.84. The van der Waals surface area contributed by atoms with Gasteiger partial charge in [-0.1, -0.05) is 12.1 Å². The third-order valence-corrected chi connectivity index (χ3v) is 2.33. The molecule has 0 aromatic carbocycles. The van der Waals surface area contributed by atoms with Crippen molar-refractivity contribution < 1.29 is 4.52 Å². The molecule has 84 valence electrons. The zero-order valence-corrected chi connectivity index (χ0v) is 9.00. The molecule has 0 bridgehead atoms. The zero-order valence-electron chi connectivity index (χ0n) is 9.00. The molecule has 0 fully saturated rings. The summed E-state index contributed by atoms with van der Waals surface area (Å²) < 4.78 is 5.14. The molecule has 16 heavy (non-hydrogen) atoms. The standard InChI is InChI=1S/C10H13N5O/c1-2-7(6-11)10-14-9(15-16-10)8-12-4-3-5-13-8/h3-5,7H,2,6,11H2,1H3. The van der Waals surface area contributed by atoms with Crippen LogP contribution in [0.25, 0.3) is 11.6 Å². The van der Waals surface area contributed by atoms with Crippen molar-refractivity contribution in [2.45, 2.75) is 19.3 Å². The average Bonchev–Trinajstić information content (AvgIpc) is 2.81. The van der Waals surface area contributed by atoms with Crippen molar-refractivity contribution in [1.82, 2.24) is 20.1 Å². The molecule has 0 aliphatic rings. The minimum Gasteiger partial charge on any atom is -0.339 e. The Morgan fingerprint density at radius 1 is 1.31 bits per heavy atom. The molecule has 2 heterocycles. The molecular weight excluding hydrogens is 206 g/mol. The predicted octanol–water partition coefficient (Wildman–Crippen LogP) is 0.979. The summed E-state index contributed by atoms with van der Waals surface area (Å²) in [6, 6.07) is 1.74. The minimum absolute atomic E-state index is 0.102. The molecule has 0 amide bonds. The van der Waals surface area contributed by atoms with Gasteiger partial charge < -0.3 is 10.3 Å². The fourth-order valence-electron chi connectivity index (χ4n) is 1.35. The van der Waals surface area contributed by atoms with Crippen molar-refractivity contribution in [1.29, 1.82) is 0 Å². The van der Waals surface area contributed by atoms with Crippen molar-refractivity contribution in [2.75, 3.05) is 6.54 Å². The van der Waals surface area contributed by atoms with Crippen LogP contribution in [0.5, 0.6) is 0 Å². The SMILES string of the molecule is CCC(CN)c1nc(-c2ncccn2)no1. The lowest BCUT2D eigenvalue weighted by Crippen LogP contribution is -2.11. The molecule has 2 rings (SSSR count). The maximum Gasteiger partial charge on any atom is 0.240 e. The Kier molecular flexibility index (Phi) is 3.21. The van der Waals surface area contributed by atoms with Crippen molar-refractivity contribution >= 4 is 0 Å². The van der Waals surface area contributed by atoms with Gasteiger partial charge in [0.25, 0.3) is 0 Å². The minimum atomic E-state index is 0.102. The Bertz CT molecular complexity index is 437. The number of rotatable bonds is 4. The smallest absolute Gasteiger partial charge is 0.240 e. The Hall–Kier alpha value is -1.82. The Balaban J connectivity index is 2.26. The van der Waals surface area contributed by atoms with Gasteiger partial charge in [0.05, 0.1) is 5.92 Å². The van der Waals surface area contributed by atoms with E-state index in [-0.39, 0.29) is 5.92 Å². The summed E-state index contributed by atoms with van der Waals surface area (Å²) in [6.45, 7) is 2.52. The van der Waals surface area contributed by atoms with Crippen LogP contribution in [0.1, 0.15) is 25.2 Å². The number of hydrogen-bond donors (Lipinski definition) is 1. The van der Waals surface area contributed by atoms with E-state index in [9.17, 15) is 0 Å². The van der Waals surface area contributed by atoms with E-state index in [1.165, 1.54) is 0 Å². The third kappa shape index (κ3) is 2.06. The lowest BCUT2D eigenvalue weighted by molar-refractivity contribution is 0.351. The second kappa shape index (κ2) is 4.80. The molecule has 0 spiro atoms. The molecule has 1 unspecified atom stereocenters. The van der Waals surface area contributed by atoms with E-state index in [2.05, 4.69) is 20.1 Å². The van der Waals surface area contributed by atoms with Crippen LogP contribution >= 0.6 is 0 Å². The van der Waals surface area contributed by atoms with Crippen molar-refractivity contribution in [3.8, 4) is 11.6 Å². The van der Waals surface area contributed by atoms with Crippen LogP contribution in [0.4, 0.5) is 0 Å². The first-order chi connectivity index (χ1) is 7.85. The number of nitrogens with zero attached hydrogens (tertiary/aromatic N) is 4. The van der Waals surface area contributed by atoms with Gasteiger partial charge in [0.1, 0.15) is 0 Å².